The molecule has 6 heteroatoms. The number of aromatic nitrogens is 1. The summed E-state index contributed by atoms with van der Waals surface area (Å²) in [6, 6.07) is 16.0. The maximum absolute atomic E-state index is 12.6. The minimum absolute atomic E-state index is 0.190. The van der Waals surface area contributed by atoms with Crippen LogP contribution < -0.4 is 15.4 Å². The highest BCUT2D eigenvalue weighted by Gasteiger charge is 2.25. The van der Waals surface area contributed by atoms with Crippen molar-refractivity contribution < 1.29 is 14.3 Å². The largest absolute Gasteiger partial charge is 0.497 e. The van der Waals surface area contributed by atoms with Crippen molar-refractivity contribution in [2.24, 2.45) is 0 Å². The summed E-state index contributed by atoms with van der Waals surface area (Å²) in [6.07, 6.45) is 3.56. The fourth-order valence-electron chi connectivity index (χ4n) is 2.97. The number of rotatable bonds is 4. The molecule has 134 valence electrons. The predicted molar refractivity (Wildman–Crippen MR) is 105 cm³/mol. The van der Waals surface area contributed by atoms with Gasteiger partial charge in [-0.2, -0.15) is 0 Å². The Morgan fingerprint density at radius 1 is 1.11 bits per heavy atom. The zero-order chi connectivity index (χ0) is 18.8. The summed E-state index contributed by atoms with van der Waals surface area (Å²) in [5, 5.41) is 5.67. The Balaban J connectivity index is 1.63. The van der Waals surface area contributed by atoms with Crippen LogP contribution >= 0.6 is 0 Å². The monoisotopic (exact) mass is 359 g/mol. The zero-order valence-electron chi connectivity index (χ0n) is 14.6. The van der Waals surface area contributed by atoms with Gasteiger partial charge < -0.3 is 20.4 Å². The lowest BCUT2D eigenvalue weighted by molar-refractivity contribution is -0.110. The average Bonchev–Trinajstić information content (AvgIpc) is 3.30. The van der Waals surface area contributed by atoms with Gasteiger partial charge in [0.25, 0.3) is 11.8 Å². The Hall–Kier alpha value is -3.80. The summed E-state index contributed by atoms with van der Waals surface area (Å²) >= 11 is 0. The second-order valence-corrected chi connectivity index (χ2v) is 6.08. The van der Waals surface area contributed by atoms with Crippen molar-refractivity contribution >= 4 is 34.8 Å². The van der Waals surface area contributed by atoms with Gasteiger partial charge in [0, 0.05) is 40.5 Å². The molecule has 1 aliphatic heterocycles. The number of fused-ring (bicyclic) bond motifs is 1. The summed E-state index contributed by atoms with van der Waals surface area (Å²) < 4.78 is 5.17. The van der Waals surface area contributed by atoms with Gasteiger partial charge in [-0.3, -0.25) is 9.59 Å². The number of ether oxygens (including phenoxy) is 1. The second-order valence-electron chi connectivity index (χ2n) is 6.08. The van der Waals surface area contributed by atoms with Crippen LogP contribution in [0.3, 0.4) is 0 Å². The van der Waals surface area contributed by atoms with E-state index in [1.165, 1.54) is 0 Å². The Kier molecular flexibility index (Phi) is 4.22. The van der Waals surface area contributed by atoms with E-state index in [2.05, 4.69) is 15.6 Å². The molecule has 0 saturated heterocycles. The minimum atomic E-state index is -0.260. The summed E-state index contributed by atoms with van der Waals surface area (Å²) in [7, 11) is 1.57. The maximum atomic E-state index is 12.6. The first kappa shape index (κ1) is 16.7. The van der Waals surface area contributed by atoms with Gasteiger partial charge in [0.2, 0.25) is 0 Å². The molecule has 1 aliphatic rings. The molecule has 1 aromatic heterocycles. The van der Waals surface area contributed by atoms with E-state index in [1.54, 1.807) is 61.8 Å². The van der Waals surface area contributed by atoms with Crippen molar-refractivity contribution in [2.45, 2.75) is 0 Å². The van der Waals surface area contributed by atoms with Gasteiger partial charge in [-0.15, -0.1) is 0 Å². The van der Waals surface area contributed by atoms with Crippen molar-refractivity contribution in [1.82, 2.24) is 4.98 Å². The SMILES string of the molecule is COc1cccc(NC(=O)c2ccc3c(c2)/C(=C/c2ccc[nH]2)C(=O)N3)c1. The third kappa shape index (κ3) is 3.32. The number of H-pyrrole nitrogens is 1. The highest BCUT2D eigenvalue weighted by atomic mass is 16.5. The number of hydrogen-bond acceptors (Lipinski definition) is 3. The van der Waals surface area contributed by atoms with Crippen LogP contribution in [0, 0.1) is 0 Å². The van der Waals surface area contributed by atoms with Crippen LogP contribution in [-0.2, 0) is 4.79 Å². The van der Waals surface area contributed by atoms with Crippen molar-refractivity contribution in [3.63, 3.8) is 0 Å². The third-order valence-corrected chi connectivity index (χ3v) is 4.31. The van der Waals surface area contributed by atoms with Gasteiger partial charge in [0.05, 0.1) is 12.7 Å². The van der Waals surface area contributed by atoms with E-state index in [0.29, 0.717) is 33.8 Å². The van der Waals surface area contributed by atoms with Gasteiger partial charge in [0.15, 0.2) is 0 Å². The topological polar surface area (TPSA) is 83.2 Å². The van der Waals surface area contributed by atoms with Crippen LogP contribution in [0.5, 0.6) is 5.75 Å². The Morgan fingerprint density at radius 2 is 2.00 bits per heavy atom. The summed E-state index contributed by atoms with van der Waals surface area (Å²) in [5.74, 6) is 0.210. The van der Waals surface area contributed by atoms with Crippen LogP contribution in [0.2, 0.25) is 0 Å². The molecule has 3 N–H and O–H groups in total. The highest BCUT2D eigenvalue weighted by molar-refractivity contribution is 6.35. The fourth-order valence-corrected chi connectivity index (χ4v) is 2.97. The lowest BCUT2D eigenvalue weighted by atomic mass is 10.0. The first-order valence-electron chi connectivity index (χ1n) is 8.40. The zero-order valence-corrected chi connectivity index (χ0v) is 14.6. The van der Waals surface area contributed by atoms with Gasteiger partial charge in [-0.1, -0.05) is 6.07 Å². The molecule has 2 heterocycles. The van der Waals surface area contributed by atoms with E-state index in [1.807, 2.05) is 12.1 Å². The van der Waals surface area contributed by atoms with Crippen molar-refractivity contribution in [1.29, 1.82) is 0 Å². The normalized spacial score (nSPS) is 14.0. The Labute approximate surface area is 155 Å². The maximum Gasteiger partial charge on any atom is 0.256 e. The van der Waals surface area contributed by atoms with Gasteiger partial charge in [-0.25, -0.2) is 0 Å². The molecule has 27 heavy (non-hydrogen) atoms. The summed E-state index contributed by atoms with van der Waals surface area (Å²) in [5.41, 5.74) is 3.83. The van der Waals surface area contributed by atoms with Crippen molar-refractivity contribution in [3.05, 3.63) is 77.6 Å². The van der Waals surface area contributed by atoms with E-state index < -0.39 is 0 Å². The Bertz CT molecular complexity index is 1050. The van der Waals surface area contributed by atoms with E-state index in [-0.39, 0.29) is 11.8 Å². The number of amides is 2. The number of anilines is 2. The van der Waals surface area contributed by atoms with Crippen LogP contribution in [-0.4, -0.2) is 23.9 Å². The number of nitrogens with one attached hydrogen (secondary N) is 3. The minimum Gasteiger partial charge on any atom is -0.497 e. The number of carbonyl (C=O) groups is 2. The smallest absolute Gasteiger partial charge is 0.256 e. The Morgan fingerprint density at radius 3 is 2.78 bits per heavy atom. The molecule has 2 amide bonds. The highest BCUT2D eigenvalue weighted by Crippen LogP contribution is 2.34. The molecule has 3 aromatic rings. The molecule has 4 rings (SSSR count). The number of hydrogen-bond donors (Lipinski definition) is 3. The molecular formula is C21H17N3O3. The van der Waals surface area contributed by atoms with Gasteiger partial charge in [0.1, 0.15) is 5.75 Å². The molecular weight excluding hydrogens is 342 g/mol. The van der Waals surface area contributed by atoms with Crippen LogP contribution in [0.15, 0.2) is 60.8 Å². The molecule has 0 unspecified atom stereocenters. The third-order valence-electron chi connectivity index (χ3n) is 4.31. The van der Waals surface area contributed by atoms with Gasteiger partial charge >= 0.3 is 0 Å². The molecule has 0 fully saturated rings. The lowest BCUT2D eigenvalue weighted by Gasteiger charge is -2.08. The van der Waals surface area contributed by atoms with Crippen LogP contribution in [0.25, 0.3) is 11.6 Å². The number of benzene rings is 2. The molecule has 0 spiro atoms. The van der Waals surface area contributed by atoms with E-state index in [9.17, 15) is 9.59 Å². The molecule has 0 aliphatic carbocycles. The van der Waals surface area contributed by atoms with Gasteiger partial charge in [-0.05, 0) is 48.5 Å². The number of methoxy groups -OCH3 is 1. The first-order chi connectivity index (χ1) is 13.1. The molecule has 2 aromatic carbocycles. The predicted octanol–water partition coefficient (Wildman–Crippen LogP) is 3.77. The first-order valence-corrected chi connectivity index (χ1v) is 8.40. The standard InChI is InChI=1S/C21H17N3O3/c1-27-16-6-2-4-15(11-16)23-20(25)13-7-8-19-17(10-13)18(21(26)24-19)12-14-5-3-9-22-14/h2-12,22H,1H3,(H,23,25)(H,24,26)/b18-12-. The number of aromatic amines is 1. The fraction of sp³-hybridized carbons (Fsp3) is 0.0476. The molecule has 0 atom stereocenters. The quantitative estimate of drug-likeness (QED) is 0.620. The molecule has 6 nitrogen and oxygen atoms in total. The van der Waals surface area contributed by atoms with Crippen molar-refractivity contribution in [3.8, 4) is 5.75 Å². The van der Waals surface area contributed by atoms with Crippen LogP contribution in [0.4, 0.5) is 11.4 Å². The van der Waals surface area contributed by atoms with E-state index >= 15 is 0 Å². The van der Waals surface area contributed by atoms with E-state index in [0.717, 1.165) is 5.69 Å². The summed E-state index contributed by atoms with van der Waals surface area (Å²) in [4.78, 5) is 28.0. The lowest BCUT2D eigenvalue weighted by Crippen LogP contribution is -2.12. The summed E-state index contributed by atoms with van der Waals surface area (Å²) in [6.45, 7) is 0. The van der Waals surface area contributed by atoms with E-state index in [4.69, 9.17) is 4.74 Å². The molecule has 0 saturated carbocycles. The molecule has 0 radical (unpaired) electrons. The number of carbonyl (C=O) groups excluding carboxylic acids is 2. The second kappa shape index (κ2) is 6.84. The molecule has 0 bridgehead atoms. The average molecular weight is 359 g/mol. The van der Waals surface area contributed by atoms with Crippen molar-refractivity contribution in [2.75, 3.05) is 17.7 Å². The van der Waals surface area contributed by atoms with Crippen LogP contribution in [0.1, 0.15) is 21.6 Å².